The minimum Gasteiger partial charge on any atom is -0.350 e. The summed E-state index contributed by atoms with van der Waals surface area (Å²) in [4.78, 5) is 63.5. The van der Waals surface area contributed by atoms with Crippen LogP contribution < -0.4 is 11.1 Å². The van der Waals surface area contributed by atoms with Crippen molar-refractivity contribution in [2.45, 2.75) is 58.9 Å². The number of nitrogens with two attached hydrogens (primary N) is 1. The van der Waals surface area contributed by atoms with Gasteiger partial charge >= 0.3 is 6.18 Å². The maximum absolute atomic E-state index is 14.0. The van der Waals surface area contributed by atoms with E-state index < -0.39 is 23.8 Å². The fourth-order valence-corrected chi connectivity index (χ4v) is 7.52. The highest BCUT2D eigenvalue weighted by Gasteiger charge is 2.72. The second-order valence-electron chi connectivity index (χ2n) is 12.4. The molecule has 0 spiro atoms. The molecule has 0 bridgehead atoms. The Bertz CT molecular complexity index is 1710. The molecule has 5 heterocycles. The normalized spacial score (nSPS) is 23.3. The van der Waals surface area contributed by atoms with Crippen molar-refractivity contribution in [1.82, 2.24) is 25.1 Å². The summed E-state index contributed by atoms with van der Waals surface area (Å²) in [6.07, 6.45) is -2.87. The van der Waals surface area contributed by atoms with Crippen LogP contribution >= 0.6 is 11.3 Å². The Balaban J connectivity index is 1.36. The number of carbonyl (C=O) groups is 4. The largest absolute Gasteiger partial charge is 0.433 e. The molecule has 3 aromatic heterocycles. The Morgan fingerprint density at radius 1 is 1.20 bits per heavy atom. The van der Waals surface area contributed by atoms with Gasteiger partial charge in [-0.15, -0.1) is 11.3 Å². The predicted molar refractivity (Wildman–Crippen MR) is 155 cm³/mol. The van der Waals surface area contributed by atoms with Gasteiger partial charge in [0, 0.05) is 35.8 Å². The number of aromatic nitrogens is 2. The molecule has 1 aliphatic carbocycles. The Hall–Kier alpha value is -3.91. The van der Waals surface area contributed by atoms with Gasteiger partial charge in [0.1, 0.15) is 5.69 Å². The van der Waals surface area contributed by atoms with Gasteiger partial charge < -0.3 is 16.0 Å². The van der Waals surface area contributed by atoms with E-state index in [2.05, 4.69) is 15.3 Å². The number of hydrogen-bond donors (Lipinski definition) is 2. The number of rotatable bonds is 6. The van der Waals surface area contributed by atoms with Crippen molar-refractivity contribution in [2.24, 2.45) is 23.0 Å². The molecule has 0 radical (unpaired) electrons. The molecular formula is C30H31F3N6O4S. The molecule has 2 unspecified atom stereocenters. The van der Waals surface area contributed by atoms with Crippen molar-refractivity contribution >= 4 is 45.2 Å². The molecule has 4 amide bonds. The average Bonchev–Trinajstić information content (AvgIpc) is 3.35. The molecule has 2 aliphatic heterocycles. The second kappa shape index (κ2) is 10.3. The fourth-order valence-electron chi connectivity index (χ4n) is 6.40. The van der Waals surface area contributed by atoms with Crippen LogP contribution in [0.3, 0.4) is 0 Å². The van der Waals surface area contributed by atoms with E-state index in [1.807, 2.05) is 13.8 Å². The van der Waals surface area contributed by atoms with Gasteiger partial charge in [-0.2, -0.15) is 13.2 Å². The molecule has 2 saturated heterocycles. The molecule has 3 aliphatic rings. The number of halogens is 3. The lowest BCUT2D eigenvalue weighted by atomic mass is 9.99. The Labute approximate surface area is 254 Å². The minimum atomic E-state index is -4.76. The first kappa shape index (κ1) is 30.1. The summed E-state index contributed by atoms with van der Waals surface area (Å²) < 4.78 is 42.4. The van der Waals surface area contributed by atoms with Gasteiger partial charge in [-0.3, -0.25) is 29.1 Å². The van der Waals surface area contributed by atoms with Crippen molar-refractivity contribution in [2.75, 3.05) is 13.1 Å². The molecule has 0 aromatic carbocycles. The summed E-state index contributed by atoms with van der Waals surface area (Å²) in [5, 5.41) is 2.80. The quantitative estimate of drug-likeness (QED) is 0.399. The van der Waals surface area contributed by atoms with E-state index in [0.29, 0.717) is 21.5 Å². The summed E-state index contributed by atoms with van der Waals surface area (Å²) >= 11 is 1.19. The minimum absolute atomic E-state index is 0.0202. The van der Waals surface area contributed by atoms with Crippen LogP contribution in [0.4, 0.5) is 13.2 Å². The van der Waals surface area contributed by atoms with E-state index in [9.17, 15) is 32.3 Å². The number of imide groups is 1. The van der Waals surface area contributed by atoms with Gasteiger partial charge in [-0.05, 0) is 49.4 Å². The molecule has 6 rings (SSSR count). The van der Waals surface area contributed by atoms with Gasteiger partial charge in [-0.1, -0.05) is 13.8 Å². The van der Waals surface area contributed by atoms with Crippen LogP contribution in [0.2, 0.25) is 0 Å². The van der Waals surface area contributed by atoms with Crippen LogP contribution in [0.1, 0.15) is 53.7 Å². The molecule has 4 atom stereocenters. The van der Waals surface area contributed by atoms with E-state index in [0.717, 1.165) is 6.07 Å². The standard InChI is InChI=1S/C30H31F3N6O4S/c1-13-9-19(30(31,32)33)37-23(20(13)26(41)38-8-6-15(11-38)36-25(40)14(2)34)17-5-7-35-18-10-16(44-24(17)18)12-39-27(42)21-22(28(39)43)29(21,3)4/h5,7,9-10,14-15,21-22H,6,8,11-12,34H2,1-4H3,(H,36,40)/t14-,15-,21?,22?/m0/s1. The number of hydrogen-bond acceptors (Lipinski definition) is 8. The van der Waals surface area contributed by atoms with Crippen molar-refractivity contribution in [3.8, 4) is 11.3 Å². The van der Waals surface area contributed by atoms with E-state index in [1.54, 1.807) is 13.0 Å². The number of likely N-dealkylation sites (tertiary alicyclic amines) is 2. The average molecular weight is 629 g/mol. The van der Waals surface area contributed by atoms with Gasteiger partial charge in [0.05, 0.1) is 45.9 Å². The highest BCUT2D eigenvalue weighted by Crippen LogP contribution is 2.63. The summed E-state index contributed by atoms with van der Waals surface area (Å²) in [7, 11) is 0. The number of fused-ring (bicyclic) bond motifs is 2. The zero-order valence-corrected chi connectivity index (χ0v) is 25.3. The third-order valence-corrected chi connectivity index (χ3v) is 10.0. The first-order valence-electron chi connectivity index (χ1n) is 14.3. The predicted octanol–water partition coefficient (Wildman–Crippen LogP) is 3.50. The van der Waals surface area contributed by atoms with Gasteiger partial charge in [0.2, 0.25) is 17.7 Å². The van der Waals surface area contributed by atoms with E-state index in [-0.39, 0.29) is 83.0 Å². The molecule has 3 fully saturated rings. The molecule has 3 N–H and O–H groups in total. The number of alkyl halides is 3. The highest BCUT2D eigenvalue weighted by molar-refractivity contribution is 7.19. The zero-order valence-electron chi connectivity index (χ0n) is 24.5. The third-order valence-electron chi connectivity index (χ3n) is 8.88. The lowest BCUT2D eigenvalue weighted by Gasteiger charge is -2.21. The molecule has 10 nitrogen and oxygen atoms in total. The third kappa shape index (κ3) is 4.93. The lowest BCUT2D eigenvalue weighted by Crippen LogP contribution is -2.45. The summed E-state index contributed by atoms with van der Waals surface area (Å²) in [5.74, 6) is -1.97. The molecule has 1 saturated carbocycles. The van der Waals surface area contributed by atoms with Crippen LogP contribution in [0.5, 0.6) is 0 Å². The first-order chi connectivity index (χ1) is 20.6. The van der Waals surface area contributed by atoms with E-state index >= 15 is 0 Å². The van der Waals surface area contributed by atoms with Crippen molar-refractivity contribution in [3.05, 3.63) is 46.1 Å². The van der Waals surface area contributed by atoms with E-state index in [4.69, 9.17) is 5.73 Å². The molecular weight excluding hydrogens is 597 g/mol. The Morgan fingerprint density at radius 2 is 1.89 bits per heavy atom. The van der Waals surface area contributed by atoms with Crippen molar-refractivity contribution in [1.29, 1.82) is 0 Å². The SMILES string of the molecule is Cc1cc(C(F)(F)F)nc(-c2ccnc3cc(CN4C(=O)C5C(C4=O)C5(C)C)sc23)c1C(=O)N1CC[C@H](NC(=O)[C@H](C)N)C1. The summed E-state index contributed by atoms with van der Waals surface area (Å²) in [6.45, 7) is 7.27. The van der Waals surface area contributed by atoms with Gasteiger partial charge in [0.15, 0.2) is 0 Å². The number of aryl methyl sites for hydroxylation is 1. The van der Waals surface area contributed by atoms with Crippen LogP contribution in [0.15, 0.2) is 24.4 Å². The first-order valence-corrected chi connectivity index (χ1v) is 15.1. The second-order valence-corrected chi connectivity index (χ2v) is 13.5. The maximum atomic E-state index is 14.0. The Kier molecular flexibility index (Phi) is 7.07. The van der Waals surface area contributed by atoms with Crippen LogP contribution in [-0.2, 0) is 27.1 Å². The number of nitrogens with one attached hydrogen (secondary N) is 1. The summed E-state index contributed by atoms with van der Waals surface area (Å²) in [6, 6.07) is 3.01. The van der Waals surface area contributed by atoms with Crippen LogP contribution in [0, 0.1) is 24.2 Å². The Morgan fingerprint density at radius 3 is 2.52 bits per heavy atom. The fraction of sp³-hybridized carbons (Fsp3) is 0.467. The number of amides is 4. The monoisotopic (exact) mass is 628 g/mol. The van der Waals surface area contributed by atoms with Gasteiger partial charge in [0.25, 0.3) is 5.91 Å². The molecule has 232 valence electrons. The maximum Gasteiger partial charge on any atom is 0.433 e. The van der Waals surface area contributed by atoms with Crippen LogP contribution in [0.25, 0.3) is 21.5 Å². The lowest BCUT2D eigenvalue weighted by molar-refractivity contribution is -0.144. The number of nitrogens with zero attached hydrogens (tertiary/aromatic N) is 4. The highest BCUT2D eigenvalue weighted by atomic mass is 32.1. The number of carbonyl (C=O) groups excluding carboxylic acids is 4. The number of thiophene rings is 1. The van der Waals surface area contributed by atoms with Crippen molar-refractivity contribution in [3.63, 3.8) is 0 Å². The van der Waals surface area contributed by atoms with Gasteiger partial charge in [-0.25, -0.2) is 4.98 Å². The molecule has 14 heteroatoms. The topological polar surface area (TPSA) is 139 Å². The zero-order chi connectivity index (χ0) is 31.9. The number of pyridine rings is 2. The summed E-state index contributed by atoms with van der Waals surface area (Å²) in [5.41, 5.74) is 4.88. The molecule has 3 aromatic rings. The van der Waals surface area contributed by atoms with Crippen molar-refractivity contribution < 1.29 is 32.3 Å². The smallest absolute Gasteiger partial charge is 0.350 e. The van der Waals surface area contributed by atoms with Crippen LogP contribution in [-0.4, -0.2) is 68.6 Å². The molecule has 44 heavy (non-hydrogen) atoms. The number of piperidine rings is 1. The van der Waals surface area contributed by atoms with E-state index in [1.165, 1.54) is 40.3 Å².